The Morgan fingerprint density at radius 3 is 2.85 bits per heavy atom. The summed E-state index contributed by atoms with van der Waals surface area (Å²) in [6.45, 7) is 0. The lowest BCUT2D eigenvalue weighted by Crippen LogP contribution is -2.34. The molecule has 0 radical (unpaired) electrons. The summed E-state index contributed by atoms with van der Waals surface area (Å²) >= 11 is 1.79. The van der Waals surface area contributed by atoms with Gasteiger partial charge >= 0.3 is 0 Å². The Balaban J connectivity index is 1.89. The van der Waals surface area contributed by atoms with Gasteiger partial charge < -0.3 is 10.3 Å². The topological polar surface area (TPSA) is 64.9 Å². The molecule has 1 aliphatic carbocycles. The van der Waals surface area contributed by atoms with Gasteiger partial charge in [0.2, 0.25) is 0 Å². The minimum Gasteiger partial charge on any atom is -0.333 e. The van der Waals surface area contributed by atoms with Crippen LogP contribution in [0.4, 0.5) is 8.78 Å². The molecule has 2 aromatic heterocycles. The maximum absolute atomic E-state index is 12.5. The zero-order valence-corrected chi connectivity index (χ0v) is 12.1. The molecule has 2 N–H and O–H groups in total. The quantitative estimate of drug-likeness (QED) is 0.868. The van der Waals surface area contributed by atoms with Crippen LogP contribution in [0, 0.1) is 0 Å². The van der Waals surface area contributed by atoms with Crippen LogP contribution in [0.3, 0.4) is 0 Å². The third kappa shape index (κ3) is 2.59. The van der Waals surface area contributed by atoms with Gasteiger partial charge in [-0.2, -0.15) is 13.8 Å². The molecule has 108 valence electrons. The first-order valence-corrected chi connectivity index (χ1v) is 8.00. The number of nitrogens with two attached hydrogens (primary N) is 1. The van der Waals surface area contributed by atoms with Crippen LogP contribution in [0.2, 0.25) is 0 Å². The predicted molar refractivity (Wildman–Crippen MR) is 73.8 cm³/mol. The number of aromatic nitrogens is 2. The third-order valence-corrected chi connectivity index (χ3v) is 5.21. The average molecular weight is 317 g/mol. The lowest BCUT2D eigenvalue weighted by Gasteiger charge is -2.17. The van der Waals surface area contributed by atoms with E-state index >= 15 is 0 Å². The minimum absolute atomic E-state index is 0.273. The van der Waals surface area contributed by atoms with Gasteiger partial charge in [-0.25, -0.2) is 0 Å². The number of hydrogen-bond acceptors (Lipinski definition) is 6. The summed E-state index contributed by atoms with van der Waals surface area (Å²) in [5.41, 5.74) is 5.73. The fraction of sp³-hybridized carbons (Fsp3) is 0.500. The fourth-order valence-electron chi connectivity index (χ4n) is 2.39. The third-order valence-electron chi connectivity index (χ3n) is 3.41. The van der Waals surface area contributed by atoms with Gasteiger partial charge in [-0.05, 0) is 24.3 Å². The Morgan fingerprint density at radius 2 is 2.15 bits per heavy atom. The highest BCUT2D eigenvalue weighted by atomic mass is 32.2. The van der Waals surface area contributed by atoms with Crippen molar-refractivity contribution in [1.82, 2.24) is 10.1 Å². The first-order chi connectivity index (χ1) is 9.58. The summed E-state index contributed by atoms with van der Waals surface area (Å²) in [6.07, 6.45) is 3.75. The van der Waals surface area contributed by atoms with Gasteiger partial charge in [0.15, 0.2) is 5.82 Å². The van der Waals surface area contributed by atoms with Crippen LogP contribution in [-0.4, -0.2) is 15.9 Å². The smallest absolute Gasteiger partial charge is 0.288 e. The molecule has 20 heavy (non-hydrogen) atoms. The molecule has 0 aromatic carbocycles. The molecule has 2 aromatic rings. The van der Waals surface area contributed by atoms with Crippen LogP contribution >= 0.6 is 23.1 Å². The van der Waals surface area contributed by atoms with Crippen molar-refractivity contribution in [3.05, 3.63) is 17.3 Å². The van der Waals surface area contributed by atoms with E-state index in [-0.39, 0.29) is 5.89 Å². The van der Waals surface area contributed by atoms with E-state index in [0.29, 0.717) is 27.4 Å². The first kappa shape index (κ1) is 14.0. The highest BCUT2D eigenvalue weighted by molar-refractivity contribution is 7.99. The Bertz CT molecular complexity index is 593. The van der Waals surface area contributed by atoms with E-state index in [1.807, 2.05) is 0 Å². The van der Waals surface area contributed by atoms with Crippen LogP contribution in [0.1, 0.15) is 31.5 Å². The van der Waals surface area contributed by atoms with E-state index in [9.17, 15) is 8.78 Å². The van der Waals surface area contributed by atoms with E-state index in [1.165, 1.54) is 11.3 Å². The van der Waals surface area contributed by atoms with Crippen molar-refractivity contribution >= 4 is 23.1 Å². The lowest BCUT2D eigenvalue weighted by atomic mass is 9.99. The molecule has 1 aliphatic rings. The molecule has 8 heteroatoms. The molecule has 0 unspecified atom stereocenters. The van der Waals surface area contributed by atoms with Crippen molar-refractivity contribution in [1.29, 1.82) is 0 Å². The number of nitrogens with zero attached hydrogens (tertiary/aromatic N) is 2. The van der Waals surface area contributed by atoms with Crippen molar-refractivity contribution in [2.24, 2.45) is 5.73 Å². The first-order valence-electron chi connectivity index (χ1n) is 6.24. The van der Waals surface area contributed by atoms with Gasteiger partial charge in [0.05, 0.1) is 5.54 Å². The van der Waals surface area contributed by atoms with Crippen molar-refractivity contribution in [3.8, 4) is 10.8 Å². The largest absolute Gasteiger partial charge is 0.333 e. The molecule has 1 saturated carbocycles. The SMILES string of the molecule is NC1(c2noc(-c3sccc3SC(F)F)n2)CCCC1. The minimum atomic E-state index is -2.47. The number of alkyl halides is 2. The number of halogens is 2. The van der Waals surface area contributed by atoms with E-state index in [4.69, 9.17) is 10.3 Å². The summed E-state index contributed by atoms with van der Waals surface area (Å²) in [6, 6.07) is 1.63. The maximum Gasteiger partial charge on any atom is 0.288 e. The molecule has 0 atom stereocenters. The summed E-state index contributed by atoms with van der Waals surface area (Å²) < 4.78 is 30.2. The number of rotatable bonds is 4. The lowest BCUT2D eigenvalue weighted by molar-refractivity contribution is 0.252. The molecule has 0 spiro atoms. The Hall–Kier alpha value is -0.990. The zero-order chi connectivity index (χ0) is 14.2. The van der Waals surface area contributed by atoms with Gasteiger partial charge in [0.25, 0.3) is 11.6 Å². The number of thioether (sulfide) groups is 1. The molecule has 1 fully saturated rings. The zero-order valence-electron chi connectivity index (χ0n) is 10.5. The summed E-state index contributed by atoms with van der Waals surface area (Å²) in [7, 11) is 0. The van der Waals surface area contributed by atoms with Crippen molar-refractivity contribution < 1.29 is 13.3 Å². The van der Waals surface area contributed by atoms with Crippen LogP contribution in [-0.2, 0) is 5.54 Å². The molecule has 0 bridgehead atoms. The number of hydrogen-bond donors (Lipinski definition) is 1. The molecule has 0 aliphatic heterocycles. The predicted octanol–water partition coefficient (Wildman–Crippen LogP) is 3.84. The highest BCUT2D eigenvalue weighted by Gasteiger charge is 2.36. The summed E-state index contributed by atoms with van der Waals surface area (Å²) in [4.78, 5) is 5.36. The van der Waals surface area contributed by atoms with Crippen LogP contribution in [0.5, 0.6) is 0 Å². The highest BCUT2D eigenvalue weighted by Crippen LogP contribution is 2.40. The van der Waals surface area contributed by atoms with Gasteiger partial charge in [-0.3, -0.25) is 0 Å². The normalized spacial score (nSPS) is 18.0. The Kier molecular flexibility index (Phi) is 3.78. The van der Waals surface area contributed by atoms with Crippen molar-refractivity contribution in [2.75, 3.05) is 0 Å². The van der Waals surface area contributed by atoms with E-state index < -0.39 is 11.3 Å². The average Bonchev–Trinajstić information content (AvgIpc) is 3.07. The summed E-state index contributed by atoms with van der Waals surface area (Å²) in [5.74, 6) is -1.72. The molecule has 0 saturated heterocycles. The molecular formula is C12H13F2N3OS2. The molecule has 4 nitrogen and oxygen atoms in total. The van der Waals surface area contributed by atoms with Crippen molar-refractivity contribution in [2.45, 2.75) is 41.9 Å². The fourth-order valence-corrected chi connectivity index (χ4v) is 4.01. The second-order valence-electron chi connectivity index (χ2n) is 4.78. The van der Waals surface area contributed by atoms with E-state index in [1.54, 1.807) is 11.4 Å². The van der Waals surface area contributed by atoms with E-state index in [0.717, 1.165) is 25.7 Å². The second-order valence-corrected chi connectivity index (χ2v) is 6.73. The van der Waals surface area contributed by atoms with Gasteiger partial charge in [-0.1, -0.05) is 29.8 Å². The number of thiophene rings is 1. The molecule has 3 rings (SSSR count). The Morgan fingerprint density at radius 1 is 1.40 bits per heavy atom. The second kappa shape index (κ2) is 5.42. The monoisotopic (exact) mass is 317 g/mol. The molecular weight excluding hydrogens is 304 g/mol. The van der Waals surface area contributed by atoms with Gasteiger partial charge in [0, 0.05) is 4.90 Å². The maximum atomic E-state index is 12.5. The standard InChI is InChI=1S/C12H13F2N3OS2/c13-11(14)20-7-3-6-19-8(7)9-16-10(17-18-9)12(15)4-1-2-5-12/h3,6,11H,1-2,4-5,15H2. The van der Waals surface area contributed by atoms with Crippen LogP contribution < -0.4 is 5.73 Å². The van der Waals surface area contributed by atoms with Crippen LogP contribution in [0.25, 0.3) is 10.8 Å². The van der Waals surface area contributed by atoms with Gasteiger partial charge in [0.1, 0.15) is 4.88 Å². The van der Waals surface area contributed by atoms with Gasteiger partial charge in [-0.15, -0.1) is 11.3 Å². The molecule has 0 amide bonds. The molecule has 2 heterocycles. The van der Waals surface area contributed by atoms with Crippen molar-refractivity contribution in [3.63, 3.8) is 0 Å². The Labute approximate surface area is 122 Å². The van der Waals surface area contributed by atoms with E-state index in [2.05, 4.69) is 10.1 Å². The summed E-state index contributed by atoms with van der Waals surface area (Å²) in [5, 5.41) is 5.68. The van der Waals surface area contributed by atoms with Crippen LogP contribution in [0.15, 0.2) is 20.9 Å².